The Morgan fingerprint density at radius 2 is 2.07 bits per heavy atom. The van der Waals surface area contributed by atoms with Crippen LogP contribution >= 0.6 is 39.9 Å². The number of nitrogens with one attached hydrogen (secondary N) is 2. The molecular weight excluding hydrogens is 526 g/mol. The highest BCUT2D eigenvalue weighted by Crippen LogP contribution is 2.16. The lowest BCUT2D eigenvalue weighted by Crippen LogP contribution is -2.49. The van der Waals surface area contributed by atoms with Gasteiger partial charge in [0.1, 0.15) is 5.82 Å². The Morgan fingerprint density at radius 1 is 1.37 bits per heavy atom. The largest absolute Gasteiger partial charge is 0.377 e. The lowest BCUT2D eigenvalue weighted by Gasteiger charge is -2.33. The molecule has 1 fully saturated rings. The predicted octanol–water partition coefficient (Wildman–Crippen LogP) is 3.76. The molecule has 27 heavy (non-hydrogen) atoms. The number of aliphatic imine (C=N–C) groups is 1. The molecule has 1 heterocycles. The van der Waals surface area contributed by atoms with Gasteiger partial charge in [0.2, 0.25) is 0 Å². The van der Waals surface area contributed by atoms with Crippen molar-refractivity contribution in [1.29, 1.82) is 0 Å². The smallest absolute Gasteiger partial charge is 0.191 e. The molecule has 0 aliphatic carbocycles. The highest BCUT2D eigenvalue weighted by molar-refractivity contribution is 14.0. The first-order valence-corrected chi connectivity index (χ1v) is 10.0. The van der Waals surface area contributed by atoms with Crippen LogP contribution in [0.4, 0.5) is 4.39 Å². The molecule has 1 saturated heterocycles. The highest BCUT2D eigenvalue weighted by Gasteiger charge is 2.19. The summed E-state index contributed by atoms with van der Waals surface area (Å²) in [6, 6.07) is 5.55. The Hall–Kier alpha value is -0.450. The van der Waals surface area contributed by atoms with Gasteiger partial charge in [-0.25, -0.2) is 4.39 Å². The summed E-state index contributed by atoms with van der Waals surface area (Å²) in [5, 5.41) is 6.74. The maximum atomic E-state index is 13.6. The second-order valence-electron chi connectivity index (χ2n) is 6.85. The van der Waals surface area contributed by atoms with Crippen LogP contribution in [-0.2, 0) is 11.3 Å². The summed E-state index contributed by atoms with van der Waals surface area (Å²) in [7, 11) is 1.76. The van der Waals surface area contributed by atoms with Crippen molar-refractivity contribution in [2.45, 2.75) is 45.4 Å². The second kappa shape index (κ2) is 12.9. The summed E-state index contributed by atoms with van der Waals surface area (Å²) in [6.07, 6.45) is 2.45. The molecule has 0 radical (unpaired) electrons. The number of ether oxygens (including phenoxy) is 1. The van der Waals surface area contributed by atoms with Crippen LogP contribution in [0.25, 0.3) is 0 Å². The number of halogens is 3. The minimum atomic E-state index is -0.249. The third-order valence-electron chi connectivity index (χ3n) is 4.45. The van der Waals surface area contributed by atoms with Gasteiger partial charge < -0.3 is 20.3 Å². The van der Waals surface area contributed by atoms with Gasteiger partial charge in [-0.3, -0.25) is 4.99 Å². The summed E-state index contributed by atoms with van der Waals surface area (Å²) in [5.41, 5.74) is 0.883. The third kappa shape index (κ3) is 9.06. The van der Waals surface area contributed by atoms with Crippen molar-refractivity contribution in [2.24, 2.45) is 4.99 Å². The first-order chi connectivity index (χ1) is 12.5. The van der Waals surface area contributed by atoms with Crippen molar-refractivity contribution in [1.82, 2.24) is 15.5 Å². The second-order valence-corrected chi connectivity index (χ2v) is 7.71. The minimum Gasteiger partial charge on any atom is -0.377 e. The van der Waals surface area contributed by atoms with Crippen LogP contribution in [0.5, 0.6) is 0 Å². The van der Waals surface area contributed by atoms with Crippen LogP contribution in [0.3, 0.4) is 0 Å². The monoisotopic (exact) mass is 556 g/mol. The van der Waals surface area contributed by atoms with Crippen LogP contribution in [0.15, 0.2) is 27.7 Å². The average Bonchev–Trinajstić information content (AvgIpc) is 2.62. The summed E-state index contributed by atoms with van der Waals surface area (Å²) in [5.74, 6) is 0.510. The van der Waals surface area contributed by atoms with E-state index in [9.17, 15) is 4.39 Å². The van der Waals surface area contributed by atoms with Crippen molar-refractivity contribution >= 4 is 45.9 Å². The zero-order valence-electron chi connectivity index (χ0n) is 16.3. The lowest BCUT2D eigenvalue weighted by atomic mass is 10.1. The third-order valence-corrected chi connectivity index (χ3v) is 5.10. The van der Waals surface area contributed by atoms with Crippen molar-refractivity contribution in [2.75, 3.05) is 33.3 Å². The van der Waals surface area contributed by atoms with E-state index in [4.69, 9.17) is 4.74 Å². The molecule has 0 spiro atoms. The highest BCUT2D eigenvalue weighted by atomic mass is 127. The first kappa shape index (κ1) is 24.6. The summed E-state index contributed by atoms with van der Waals surface area (Å²) in [6.45, 7) is 8.59. The van der Waals surface area contributed by atoms with Crippen LogP contribution in [-0.4, -0.2) is 56.3 Å². The molecular formula is C19H31BrFIN4O. The van der Waals surface area contributed by atoms with E-state index in [-0.39, 0.29) is 29.8 Å². The van der Waals surface area contributed by atoms with E-state index in [2.05, 4.69) is 50.3 Å². The number of benzene rings is 1. The van der Waals surface area contributed by atoms with Crippen molar-refractivity contribution in [3.63, 3.8) is 0 Å². The van der Waals surface area contributed by atoms with Crippen molar-refractivity contribution < 1.29 is 9.13 Å². The van der Waals surface area contributed by atoms with Gasteiger partial charge in [-0.15, -0.1) is 24.0 Å². The van der Waals surface area contributed by atoms with Gasteiger partial charge in [0.25, 0.3) is 0 Å². The molecule has 1 aromatic rings. The minimum absolute atomic E-state index is 0. The molecule has 0 atom stereocenters. The van der Waals surface area contributed by atoms with E-state index < -0.39 is 0 Å². The summed E-state index contributed by atoms with van der Waals surface area (Å²) >= 11 is 3.17. The molecule has 2 rings (SSSR count). The van der Waals surface area contributed by atoms with Crippen LogP contribution < -0.4 is 10.6 Å². The Balaban J connectivity index is 0.00000364. The fourth-order valence-corrected chi connectivity index (χ4v) is 3.19. The molecule has 1 aliphatic heterocycles. The zero-order valence-corrected chi connectivity index (χ0v) is 20.2. The van der Waals surface area contributed by atoms with E-state index in [1.54, 1.807) is 13.1 Å². The number of hydrogen-bond acceptors (Lipinski definition) is 3. The normalized spacial score (nSPS) is 16.3. The molecule has 0 bridgehead atoms. The van der Waals surface area contributed by atoms with Crippen LogP contribution in [0, 0.1) is 5.82 Å². The van der Waals surface area contributed by atoms with Gasteiger partial charge in [0.05, 0.1) is 17.2 Å². The average molecular weight is 557 g/mol. The Kier molecular flexibility index (Phi) is 11.7. The van der Waals surface area contributed by atoms with Gasteiger partial charge in [-0.2, -0.15) is 0 Å². The molecule has 0 unspecified atom stereocenters. The van der Waals surface area contributed by atoms with Gasteiger partial charge in [-0.1, -0.05) is 6.07 Å². The Bertz CT molecular complexity index is 595. The first-order valence-electron chi connectivity index (χ1n) is 9.23. The fraction of sp³-hybridized carbons (Fsp3) is 0.632. The number of rotatable bonds is 7. The molecule has 5 nitrogen and oxygen atoms in total. The lowest BCUT2D eigenvalue weighted by molar-refractivity contribution is 0.0532. The maximum absolute atomic E-state index is 13.6. The Morgan fingerprint density at radius 3 is 2.67 bits per heavy atom. The van der Waals surface area contributed by atoms with Crippen molar-refractivity contribution in [3.05, 3.63) is 34.1 Å². The van der Waals surface area contributed by atoms with Crippen molar-refractivity contribution in [3.8, 4) is 0 Å². The molecule has 0 saturated carbocycles. The molecule has 154 valence electrons. The number of likely N-dealkylation sites (tertiary alicyclic amines) is 1. The van der Waals surface area contributed by atoms with E-state index in [0.717, 1.165) is 50.6 Å². The summed E-state index contributed by atoms with van der Waals surface area (Å²) < 4.78 is 19.7. The number of nitrogens with zero attached hydrogens (tertiary/aromatic N) is 2. The van der Waals surface area contributed by atoms with Gasteiger partial charge in [0, 0.05) is 39.3 Å². The zero-order chi connectivity index (χ0) is 18.9. The van der Waals surface area contributed by atoms with E-state index in [1.807, 2.05) is 6.07 Å². The SMILES string of the molecule is CN=C(NCc1ccc(Br)c(F)c1)NC1CCN(CCOC(C)C)CC1.I. The molecule has 0 amide bonds. The topological polar surface area (TPSA) is 48.9 Å². The van der Waals surface area contributed by atoms with Crippen LogP contribution in [0.1, 0.15) is 32.3 Å². The predicted molar refractivity (Wildman–Crippen MR) is 123 cm³/mol. The molecule has 8 heteroatoms. The molecule has 2 N–H and O–H groups in total. The fourth-order valence-electron chi connectivity index (χ4n) is 2.94. The quantitative estimate of drug-likeness (QED) is 0.305. The van der Waals surface area contributed by atoms with E-state index in [0.29, 0.717) is 23.2 Å². The molecule has 1 aromatic carbocycles. The number of hydrogen-bond donors (Lipinski definition) is 2. The maximum Gasteiger partial charge on any atom is 0.191 e. The summed E-state index contributed by atoms with van der Waals surface area (Å²) in [4.78, 5) is 6.73. The number of guanidine groups is 1. The Labute approximate surface area is 187 Å². The molecule has 0 aromatic heterocycles. The standard InChI is InChI=1S/C19H30BrFN4O.HI/c1-14(2)26-11-10-25-8-6-16(7-9-25)24-19(22-3)23-13-15-4-5-17(20)18(21)12-15;/h4-5,12,14,16H,6-11,13H2,1-3H3,(H2,22,23,24);1H. The van der Waals surface area contributed by atoms with Crippen LogP contribution in [0.2, 0.25) is 0 Å². The van der Waals surface area contributed by atoms with Gasteiger partial charge >= 0.3 is 0 Å². The van der Waals surface area contributed by atoms with Gasteiger partial charge in [0.15, 0.2) is 5.96 Å². The molecule has 1 aliphatic rings. The number of piperidine rings is 1. The van der Waals surface area contributed by atoms with E-state index >= 15 is 0 Å². The van der Waals surface area contributed by atoms with Gasteiger partial charge in [-0.05, 0) is 60.3 Å². The van der Waals surface area contributed by atoms with E-state index in [1.165, 1.54) is 6.07 Å².